The SMILES string of the molecule is CC(=O)Oc1cccc2c1C(=O)C1=C(CC=CC1NC(=O)OCc1ccccc1)C2=O. The Balaban J connectivity index is 1.59. The van der Waals surface area contributed by atoms with E-state index in [1.165, 1.54) is 19.1 Å². The fraction of sp³-hybridized carbons (Fsp3) is 0.167. The summed E-state index contributed by atoms with van der Waals surface area (Å²) < 4.78 is 10.4. The number of alkyl carbamates (subject to hydrolysis) is 1. The van der Waals surface area contributed by atoms with E-state index in [1.54, 1.807) is 18.2 Å². The highest BCUT2D eigenvalue weighted by Crippen LogP contribution is 2.37. The topological polar surface area (TPSA) is 98.8 Å². The van der Waals surface area contributed by atoms with E-state index < -0.39 is 23.9 Å². The minimum atomic E-state index is -0.831. The molecule has 2 aliphatic carbocycles. The summed E-state index contributed by atoms with van der Waals surface area (Å²) in [5, 5.41) is 2.64. The second-order valence-corrected chi connectivity index (χ2v) is 7.14. The fourth-order valence-electron chi connectivity index (χ4n) is 3.71. The Bertz CT molecular complexity index is 1150. The van der Waals surface area contributed by atoms with Crippen LogP contribution in [0.25, 0.3) is 0 Å². The van der Waals surface area contributed by atoms with Crippen molar-refractivity contribution in [1.29, 1.82) is 0 Å². The molecule has 0 fully saturated rings. The van der Waals surface area contributed by atoms with Crippen molar-refractivity contribution in [3.63, 3.8) is 0 Å². The van der Waals surface area contributed by atoms with Crippen molar-refractivity contribution in [2.24, 2.45) is 0 Å². The number of hydrogen-bond acceptors (Lipinski definition) is 6. The van der Waals surface area contributed by atoms with Gasteiger partial charge in [0.25, 0.3) is 0 Å². The molecule has 2 aromatic carbocycles. The standard InChI is InChI=1S/C24H19NO6/c1-14(26)31-19-12-6-10-17-21(19)23(28)20-16(22(17)27)9-5-11-18(20)25-24(29)30-13-15-7-3-2-4-8-15/h2-8,10-12,18H,9,13H2,1H3,(H,25,29). The van der Waals surface area contributed by atoms with Crippen molar-refractivity contribution in [1.82, 2.24) is 5.32 Å². The molecule has 0 aromatic heterocycles. The van der Waals surface area contributed by atoms with Gasteiger partial charge in [-0.25, -0.2) is 4.79 Å². The summed E-state index contributed by atoms with van der Waals surface area (Å²) in [7, 11) is 0. The Morgan fingerprint density at radius 1 is 1.03 bits per heavy atom. The number of benzene rings is 2. The normalized spacial score (nSPS) is 17.0. The van der Waals surface area contributed by atoms with Gasteiger partial charge in [-0.3, -0.25) is 14.4 Å². The monoisotopic (exact) mass is 417 g/mol. The maximum atomic E-state index is 13.3. The van der Waals surface area contributed by atoms with Gasteiger partial charge in [-0.05, 0) is 18.1 Å². The first-order valence-electron chi connectivity index (χ1n) is 9.73. The Hall–Kier alpha value is -4.00. The third kappa shape index (κ3) is 4.02. The zero-order valence-electron chi connectivity index (χ0n) is 16.7. The molecule has 31 heavy (non-hydrogen) atoms. The molecule has 156 valence electrons. The average Bonchev–Trinajstić information content (AvgIpc) is 2.76. The number of nitrogens with one attached hydrogen (secondary N) is 1. The quantitative estimate of drug-likeness (QED) is 0.464. The van der Waals surface area contributed by atoms with Gasteiger partial charge in [-0.2, -0.15) is 0 Å². The van der Waals surface area contributed by atoms with Crippen molar-refractivity contribution in [3.8, 4) is 5.75 Å². The molecule has 0 spiro atoms. The highest BCUT2D eigenvalue weighted by molar-refractivity contribution is 6.29. The van der Waals surface area contributed by atoms with Crippen molar-refractivity contribution in [3.05, 3.63) is 88.5 Å². The number of hydrogen-bond donors (Lipinski definition) is 1. The summed E-state index contributed by atoms with van der Waals surface area (Å²) in [6.45, 7) is 1.29. The molecule has 2 aromatic rings. The predicted molar refractivity (Wildman–Crippen MR) is 111 cm³/mol. The number of amides is 1. The second kappa shape index (κ2) is 8.39. The summed E-state index contributed by atoms with van der Waals surface area (Å²) >= 11 is 0. The van der Waals surface area contributed by atoms with Gasteiger partial charge in [0.1, 0.15) is 12.4 Å². The number of carbonyl (C=O) groups excluding carboxylic acids is 4. The minimum absolute atomic E-state index is 0.0230. The predicted octanol–water partition coefficient (Wildman–Crippen LogP) is 3.54. The number of carbonyl (C=O) groups is 4. The van der Waals surface area contributed by atoms with Gasteiger partial charge < -0.3 is 14.8 Å². The van der Waals surface area contributed by atoms with E-state index in [1.807, 2.05) is 30.3 Å². The minimum Gasteiger partial charge on any atom is -0.445 e. The molecule has 4 rings (SSSR count). The molecule has 0 saturated heterocycles. The van der Waals surface area contributed by atoms with Crippen molar-refractivity contribution in [2.75, 3.05) is 0 Å². The largest absolute Gasteiger partial charge is 0.445 e. The van der Waals surface area contributed by atoms with Crippen LogP contribution >= 0.6 is 0 Å². The Morgan fingerprint density at radius 2 is 1.81 bits per heavy atom. The first-order chi connectivity index (χ1) is 15.0. The van der Waals surface area contributed by atoms with Crippen molar-refractivity contribution < 1.29 is 28.7 Å². The van der Waals surface area contributed by atoms with Crippen LogP contribution in [0, 0.1) is 0 Å². The van der Waals surface area contributed by atoms with Crippen LogP contribution in [-0.2, 0) is 16.1 Å². The van der Waals surface area contributed by atoms with Crippen LogP contribution in [-0.4, -0.2) is 29.7 Å². The van der Waals surface area contributed by atoms with Gasteiger partial charge in [0.05, 0.1) is 11.6 Å². The molecule has 0 aliphatic heterocycles. The van der Waals surface area contributed by atoms with E-state index in [0.717, 1.165) is 5.56 Å². The smallest absolute Gasteiger partial charge is 0.408 e. The first kappa shape index (κ1) is 20.3. The van der Waals surface area contributed by atoms with Crippen LogP contribution in [0.3, 0.4) is 0 Å². The van der Waals surface area contributed by atoms with Gasteiger partial charge in [-0.15, -0.1) is 0 Å². The van der Waals surface area contributed by atoms with E-state index in [9.17, 15) is 19.2 Å². The zero-order chi connectivity index (χ0) is 22.0. The summed E-state index contributed by atoms with van der Waals surface area (Å²) in [6.07, 6.45) is 2.93. The molecule has 1 amide bonds. The van der Waals surface area contributed by atoms with Gasteiger partial charge >= 0.3 is 12.1 Å². The molecule has 0 heterocycles. The molecule has 7 heteroatoms. The summed E-state index contributed by atoms with van der Waals surface area (Å²) in [5.41, 5.74) is 1.51. The van der Waals surface area contributed by atoms with Crippen LogP contribution in [0.15, 0.2) is 71.8 Å². The number of ether oxygens (including phenoxy) is 2. The average molecular weight is 417 g/mol. The third-order valence-corrected chi connectivity index (χ3v) is 5.04. The molecule has 0 radical (unpaired) electrons. The van der Waals surface area contributed by atoms with Crippen LogP contribution in [0.1, 0.15) is 39.6 Å². The van der Waals surface area contributed by atoms with E-state index in [0.29, 0.717) is 5.57 Å². The molecule has 1 atom stereocenters. The van der Waals surface area contributed by atoms with Crippen LogP contribution < -0.4 is 10.1 Å². The molecule has 7 nitrogen and oxygen atoms in total. The molecule has 1 unspecified atom stereocenters. The number of esters is 1. The Kier molecular flexibility index (Phi) is 5.49. The molecule has 0 saturated carbocycles. The molecule has 1 N–H and O–H groups in total. The third-order valence-electron chi connectivity index (χ3n) is 5.04. The summed E-state index contributed by atoms with van der Waals surface area (Å²) in [4.78, 5) is 50.2. The number of Topliss-reactive ketones (excluding diaryl/α,β-unsaturated/α-hetero) is 2. The van der Waals surface area contributed by atoms with E-state index in [4.69, 9.17) is 9.47 Å². The number of rotatable bonds is 4. The maximum absolute atomic E-state index is 13.3. The Morgan fingerprint density at radius 3 is 2.55 bits per heavy atom. The highest BCUT2D eigenvalue weighted by atomic mass is 16.5. The fourth-order valence-corrected chi connectivity index (χ4v) is 3.71. The van der Waals surface area contributed by atoms with E-state index in [2.05, 4.69) is 5.32 Å². The number of ketones is 2. The lowest BCUT2D eigenvalue weighted by molar-refractivity contribution is -0.131. The number of fused-ring (bicyclic) bond motifs is 1. The van der Waals surface area contributed by atoms with Crippen LogP contribution in [0.5, 0.6) is 5.75 Å². The first-order valence-corrected chi connectivity index (χ1v) is 9.73. The van der Waals surface area contributed by atoms with Crippen LogP contribution in [0.4, 0.5) is 4.79 Å². The van der Waals surface area contributed by atoms with Crippen LogP contribution in [0.2, 0.25) is 0 Å². The molecule has 2 aliphatic rings. The van der Waals surface area contributed by atoms with Crippen molar-refractivity contribution >= 4 is 23.6 Å². The van der Waals surface area contributed by atoms with Crippen molar-refractivity contribution in [2.45, 2.75) is 26.0 Å². The lowest BCUT2D eigenvalue weighted by Crippen LogP contribution is -2.41. The summed E-state index contributed by atoms with van der Waals surface area (Å²) in [5.74, 6) is -1.36. The zero-order valence-corrected chi connectivity index (χ0v) is 16.7. The lowest BCUT2D eigenvalue weighted by atomic mass is 9.77. The van der Waals surface area contributed by atoms with Gasteiger partial charge in [-0.1, -0.05) is 54.6 Å². The maximum Gasteiger partial charge on any atom is 0.408 e. The Labute approximate surface area is 178 Å². The molecular formula is C24H19NO6. The molecular weight excluding hydrogens is 398 g/mol. The molecule has 0 bridgehead atoms. The second-order valence-electron chi connectivity index (χ2n) is 7.14. The van der Waals surface area contributed by atoms with E-state index >= 15 is 0 Å². The van der Waals surface area contributed by atoms with Gasteiger partial charge in [0, 0.05) is 23.6 Å². The highest BCUT2D eigenvalue weighted by Gasteiger charge is 2.39. The van der Waals surface area contributed by atoms with Gasteiger partial charge in [0.2, 0.25) is 0 Å². The lowest BCUT2D eigenvalue weighted by Gasteiger charge is -2.28. The summed E-state index contributed by atoms with van der Waals surface area (Å²) in [6, 6.07) is 12.9. The number of allylic oxidation sites excluding steroid dienone is 2. The van der Waals surface area contributed by atoms with E-state index in [-0.39, 0.29) is 41.3 Å². The van der Waals surface area contributed by atoms with Gasteiger partial charge in [0.15, 0.2) is 11.6 Å².